The summed E-state index contributed by atoms with van der Waals surface area (Å²) in [4.78, 5) is 34.9. The van der Waals surface area contributed by atoms with Gasteiger partial charge >= 0.3 is 0 Å². The molecule has 0 saturated heterocycles. The molecule has 7 nitrogen and oxygen atoms in total. The number of nitro groups is 1. The fourth-order valence-corrected chi connectivity index (χ4v) is 2.01. The van der Waals surface area contributed by atoms with Gasteiger partial charge in [-0.15, -0.1) is 0 Å². The van der Waals surface area contributed by atoms with Gasteiger partial charge in [0.05, 0.1) is 22.1 Å². The molecule has 1 rings (SSSR count). The summed E-state index contributed by atoms with van der Waals surface area (Å²) in [6, 6.07) is 3.59. The van der Waals surface area contributed by atoms with E-state index in [1.54, 1.807) is 0 Å². The molecule has 1 aromatic carbocycles. The summed E-state index contributed by atoms with van der Waals surface area (Å²) in [5.74, 6) is -1.12. The Balaban J connectivity index is 3.15. The molecule has 114 valence electrons. The molecule has 0 aliphatic heterocycles. The summed E-state index contributed by atoms with van der Waals surface area (Å²) < 4.78 is 0. The van der Waals surface area contributed by atoms with Crippen molar-refractivity contribution in [1.82, 2.24) is 4.90 Å². The first-order valence-corrected chi connectivity index (χ1v) is 6.61. The normalized spacial score (nSPS) is 10.5. The van der Waals surface area contributed by atoms with Gasteiger partial charge < -0.3 is 10.6 Å². The lowest BCUT2D eigenvalue weighted by Gasteiger charge is -2.23. The van der Waals surface area contributed by atoms with Gasteiger partial charge in [0.1, 0.15) is 0 Å². The smallest absolute Gasteiger partial charge is 0.270 e. The molecular weight excluding hydrogens is 298 g/mol. The highest BCUT2D eigenvalue weighted by Gasteiger charge is 2.23. The molecule has 0 heterocycles. The van der Waals surface area contributed by atoms with Crippen molar-refractivity contribution in [3.63, 3.8) is 0 Å². The molecule has 1 aromatic rings. The van der Waals surface area contributed by atoms with Crippen molar-refractivity contribution in [1.29, 1.82) is 0 Å². The molecule has 8 heteroatoms. The minimum atomic E-state index is -0.662. The van der Waals surface area contributed by atoms with E-state index in [2.05, 4.69) is 0 Å². The van der Waals surface area contributed by atoms with Gasteiger partial charge in [-0.2, -0.15) is 0 Å². The number of benzene rings is 1. The van der Waals surface area contributed by atoms with Crippen LogP contribution in [-0.4, -0.2) is 34.7 Å². The molecule has 2 N–H and O–H groups in total. The van der Waals surface area contributed by atoms with Gasteiger partial charge in [-0.3, -0.25) is 19.7 Å². The lowest BCUT2D eigenvalue weighted by molar-refractivity contribution is -0.384. The van der Waals surface area contributed by atoms with Crippen molar-refractivity contribution >= 4 is 29.1 Å². The third-order valence-corrected chi connectivity index (χ3v) is 2.94. The number of nitro benzene ring substituents is 1. The number of primary amides is 1. The number of halogens is 1. The lowest BCUT2D eigenvalue weighted by atomic mass is 10.1. The van der Waals surface area contributed by atoms with E-state index in [1.165, 1.54) is 17.0 Å². The second-order valence-electron chi connectivity index (χ2n) is 4.97. The first kappa shape index (κ1) is 16.9. The molecule has 0 unspecified atom stereocenters. The highest BCUT2D eigenvalue weighted by molar-refractivity contribution is 6.34. The third kappa shape index (κ3) is 4.71. The number of hydrogen-bond donors (Lipinski definition) is 1. The fraction of sp³-hybridized carbons (Fsp3) is 0.385. The van der Waals surface area contributed by atoms with Gasteiger partial charge in [0, 0.05) is 18.7 Å². The van der Waals surface area contributed by atoms with Gasteiger partial charge in [-0.25, -0.2) is 0 Å². The summed E-state index contributed by atoms with van der Waals surface area (Å²) >= 11 is 5.93. The van der Waals surface area contributed by atoms with Crippen LogP contribution in [-0.2, 0) is 4.79 Å². The minimum absolute atomic E-state index is 0.0206. The maximum atomic E-state index is 12.4. The number of nitrogens with zero attached hydrogens (tertiary/aromatic N) is 2. The monoisotopic (exact) mass is 313 g/mol. The van der Waals surface area contributed by atoms with Gasteiger partial charge in [-0.05, 0) is 12.0 Å². The number of carbonyl (C=O) groups excluding carboxylic acids is 2. The molecule has 0 spiro atoms. The summed E-state index contributed by atoms with van der Waals surface area (Å²) in [5.41, 5.74) is 4.86. The average Bonchev–Trinajstić information content (AvgIpc) is 2.36. The molecule has 0 aliphatic rings. The van der Waals surface area contributed by atoms with E-state index >= 15 is 0 Å². The van der Waals surface area contributed by atoms with Crippen molar-refractivity contribution < 1.29 is 14.5 Å². The molecule has 0 radical (unpaired) electrons. The van der Waals surface area contributed by atoms with Crippen LogP contribution in [0.15, 0.2) is 18.2 Å². The lowest BCUT2D eigenvalue weighted by Crippen LogP contribution is -2.40. The molecule has 0 aliphatic carbocycles. The van der Waals surface area contributed by atoms with Crippen molar-refractivity contribution in [3.8, 4) is 0 Å². The topological polar surface area (TPSA) is 107 Å². The van der Waals surface area contributed by atoms with Crippen LogP contribution in [0.3, 0.4) is 0 Å². The molecule has 0 saturated carbocycles. The fourth-order valence-electron chi connectivity index (χ4n) is 1.81. The maximum Gasteiger partial charge on any atom is 0.270 e. The summed E-state index contributed by atoms with van der Waals surface area (Å²) in [5, 5.41) is 10.9. The zero-order valence-corrected chi connectivity index (χ0v) is 12.5. The number of nitrogens with two attached hydrogens (primary N) is 1. The molecule has 2 amide bonds. The first-order chi connectivity index (χ1) is 9.72. The van der Waals surface area contributed by atoms with Crippen molar-refractivity contribution in [2.45, 2.75) is 13.8 Å². The van der Waals surface area contributed by atoms with Crippen LogP contribution in [0, 0.1) is 16.0 Å². The van der Waals surface area contributed by atoms with Crippen LogP contribution in [0.4, 0.5) is 5.69 Å². The minimum Gasteiger partial charge on any atom is -0.368 e. The number of amides is 2. The van der Waals surface area contributed by atoms with E-state index in [9.17, 15) is 19.7 Å². The van der Waals surface area contributed by atoms with E-state index in [-0.39, 0.29) is 28.7 Å². The standard InChI is InChI=1S/C13H16ClN3O4/c1-8(2)6-16(7-12(15)18)13(19)10-5-9(17(20)21)3-4-11(10)14/h3-5,8H,6-7H2,1-2H3,(H2,15,18). The van der Waals surface area contributed by atoms with Crippen LogP contribution in [0.5, 0.6) is 0 Å². The molecule has 0 atom stereocenters. The largest absolute Gasteiger partial charge is 0.368 e. The second kappa shape index (κ2) is 7.03. The third-order valence-electron chi connectivity index (χ3n) is 2.61. The summed E-state index contributed by atoms with van der Waals surface area (Å²) in [6.07, 6.45) is 0. The first-order valence-electron chi connectivity index (χ1n) is 6.24. The Morgan fingerprint density at radius 3 is 2.52 bits per heavy atom. The predicted octanol–water partition coefficient (Wildman–Crippen LogP) is 1.83. The summed E-state index contributed by atoms with van der Waals surface area (Å²) in [6.45, 7) is 3.77. The number of carbonyl (C=O) groups is 2. The Morgan fingerprint density at radius 1 is 1.43 bits per heavy atom. The maximum absolute atomic E-state index is 12.4. The second-order valence-corrected chi connectivity index (χ2v) is 5.37. The quantitative estimate of drug-likeness (QED) is 0.638. The van der Waals surface area contributed by atoms with Crippen LogP contribution in [0.1, 0.15) is 24.2 Å². The van der Waals surface area contributed by atoms with Crippen LogP contribution < -0.4 is 5.73 Å². The van der Waals surface area contributed by atoms with Gasteiger partial charge in [0.25, 0.3) is 11.6 Å². The highest BCUT2D eigenvalue weighted by atomic mass is 35.5. The Bertz CT molecular complexity index is 575. The Morgan fingerprint density at radius 2 is 2.05 bits per heavy atom. The highest BCUT2D eigenvalue weighted by Crippen LogP contribution is 2.23. The molecule has 21 heavy (non-hydrogen) atoms. The van der Waals surface area contributed by atoms with Crippen molar-refractivity contribution in [3.05, 3.63) is 38.9 Å². The Labute approximate surface area is 126 Å². The van der Waals surface area contributed by atoms with Gasteiger partial charge in [0.15, 0.2) is 0 Å². The van der Waals surface area contributed by atoms with E-state index in [0.717, 1.165) is 6.07 Å². The predicted molar refractivity (Wildman–Crippen MR) is 78.0 cm³/mol. The number of hydrogen-bond acceptors (Lipinski definition) is 4. The zero-order chi connectivity index (χ0) is 16.2. The van der Waals surface area contributed by atoms with Crippen LogP contribution >= 0.6 is 11.6 Å². The molecule has 0 bridgehead atoms. The van der Waals surface area contributed by atoms with Crippen molar-refractivity contribution in [2.24, 2.45) is 11.7 Å². The SMILES string of the molecule is CC(C)CN(CC(N)=O)C(=O)c1cc([N+](=O)[O-])ccc1Cl. The van der Waals surface area contributed by atoms with E-state index < -0.39 is 16.7 Å². The van der Waals surface area contributed by atoms with E-state index in [4.69, 9.17) is 17.3 Å². The Hall–Kier alpha value is -2.15. The van der Waals surface area contributed by atoms with Gasteiger partial charge in [0.2, 0.25) is 5.91 Å². The molecule has 0 aromatic heterocycles. The Kier molecular flexibility index (Phi) is 5.66. The van der Waals surface area contributed by atoms with Gasteiger partial charge in [-0.1, -0.05) is 25.4 Å². The van der Waals surface area contributed by atoms with E-state index in [0.29, 0.717) is 6.54 Å². The van der Waals surface area contributed by atoms with Crippen molar-refractivity contribution in [2.75, 3.05) is 13.1 Å². The van der Waals surface area contributed by atoms with Crippen LogP contribution in [0.2, 0.25) is 5.02 Å². The average molecular weight is 314 g/mol. The number of non-ortho nitro benzene ring substituents is 1. The molecular formula is C13H16ClN3O4. The summed E-state index contributed by atoms with van der Waals surface area (Å²) in [7, 11) is 0. The zero-order valence-electron chi connectivity index (χ0n) is 11.7. The van der Waals surface area contributed by atoms with Crippen LogP contribution in [0.25, 0.3) is 0 Å². The van der Waals surface area contributed by atoms with E-state index in [1.807, 2.05) is 13.8 Å². The number of rotatable bonds is 6. The molecule has 0 fully saturated rings.